The Morgan fingerprint density at radius 2 is 1.70 bits per heavy atom. The molecule has 10 heteroatoms. The number of hydrogen-bond acceptors (Lipinski definition) is 4. The molecule has 1 atom stereocenters. The first-order valence-electron chi connectivity index (χ1n) is 12.0. The normalized spacial score (nSPS) is 12.2. The van der Waals surface area contributed by atoms with Crippen molar-refractivity contribution >= 4 is 61.5 Å². The molecule has 3 aromatic rings. The minimum absolute atomic E-state index is 0.0469. The monoisotopic (exact) mass is 563 g/mol. The van der Waals surface area contributed by atoms with Crippen molar-refractivity contribution < 1.29 is 18.0 Å². The largest absolute Gasteiger partial charge is 0.354 e. The van der Waals surface area contributed by atoms with E-state index in [0.29, 0.717) is 33.2 Å². The van der Waals surface area contributed by atoms with Crippen LogP contribution < -0.4 is 9.62 Å². The van der Waals surface area contributed by atoms with Crippen molar-refractivity contribution in [3.05, 3.63) is 76.3 Å². The first-order valence-corrected chi connectivity index (χ1v) is 14.6. The molecule has 0 aliphatic heterocycles. The Hall–Kier alpha value is -2.81. The van der Waals surface area contributed by atoms with E-state index in [9.17, 15) is 18.0 Å². The molecule has 0 unspecified atom stereocenters. The molecule has 0 aromatic heterocycles. The van der Waals surface area contributed by atoms with Gasteiger partial charge in [0, 0.05) is 18.5 Å². The molecule has 0 radical (unpaired) electrons. The minimum Gasteiger partial charge on any atom is -0.354 e. The van der Waals surface area contributed by atoms with E-state index in [1.54, 1.807) is 37.3 Å². The van der Waals surface area contributed by atoms with E-state index in [2.05, 4.69) is 5.32 Å². The number of rotatable bonds is 11. The zero-order valence-electron chi connectivity index (χ0n) is 21.1. The smallest absolute Gasteiger partial charge is 0.244 e. The van der Waals surface area contributed by atoms with Crippen LogP contribution in [0.3, 0.4) is 0 Å². The summed E-state index contributed by atoms with van der Waals surface area (Å²) < 4.78 is 26.9. The summed E-state index contributed by atoms with van der Waals surface area (Å²) in [5.41, 5.74) is 1.05. The number of fused-ring (bicyclic) bond motifs is 1. The molecule has 0 fully saturated rings. The van der Waals surface area contributed by atoms with Gasteiger partial charge < -0.3 is 10.2 Å². The van der Waals surface area contributed by atoms with Gasteiger partial charge in [-0.3, -0.25) is 13.9 Å². The molecular weight excluding hydrogens is 533 g/mol. The van der Waals surface area contributed by atoms with Crippen LogP contribution in [0.1, 0.15) is 32.3 Å². The van der Waals surface area contributed by atoms with Gasteiger partial charge in [-0.2, -0.15) is 0 Å². The second-order valence-corrected chi connectivity index (χ2v) is 11.6. The number of halogens is 2. The van der Waals surface area contributed by atoms with Crippen LogP contribution in [-0.4, -0.2) is 50.5 Å². The van der Waals surface area contributed by atoms with Gasteiger partial charge >= 0.3 is 0 Å². The van der Waals surface area contributed by atoms with Gasteiger partial charge in [0.05, 0.1) is 22.0 Å². The summed E-state index contributed by atoms with van der Waals surface area (Å²) in [7, 11) is -3.84. The maximum atomic E-state index is 13.7. The highest BCUT2D eigenvalue weighted by Crippen LogP contribution is 2.29. The summed E-state index contributed by atoms with van der Waals surface area (Å²) in [6.45, 7) is 3.70. The van der Waals surface area contributed by atoms with Gasteiger partial charge in [-0.1, -0.05) is 79.0 Å². The zero-order valence-corrected chi connectivity index (χ0v) is 23.4. The molecule has 0 heterocycles. The van der Waals surface area contributed by atoms with Crippen LogP contribution in [0.2, 0.25) is 10.0 Å². The van der Waals surface area contributed by atoms with E-state index >= 15 is 0 Å². The van der Waals surface area contributed by atoms with Gasteiger partial charge in [-0.15, -0.1) is 0 Å². The molecule has 0 spiro atoms. The Morgan fingerprint density at radius 1 is 1.00 bits per heavy atom. The molecule has 0 aliphatic rings. The predicted molar refractivity (Wildman–Crippen MR) is 151 cm³/mol. The third-order valence-electron chi connectivity index (χ3n) is 6.05. The van der Waals surface area contributed by atoms with Crippen LogP contribution in [-0.2, 0) is 26.2 Å². The van der Waals surface area contributed by atoms with Crippen molar-refractivity contribution in [1.29, 1.82) is 0 Å². The molecule has 1 N–H and O–H groups in total. The summed E-state index contributed by atoms with van der Waals surface area (Å²) >= 11 is 12.2. The lowest BCUT2D eigenvalue weighted by molar-refractivity contribution is -0.139. The Bertz CT molecular complexity index is 1380. The number of benzene rings is 3. The second kappa shape index (κ2) is 12.6. The summed E-state index contributed by atoms with van der Waals surface area (Å²) in [4.78, 5) is 28.0. The fourth-order valence-electron chi connectivity index (χ4n) is 3.97. The quantitative estimate of drug-likeness (QED) is 0.323. The highest BCUT2D eigenvalue weighted by Gasteiger charge is 2.30. The topological polar surface area (TPSA) is 86.8 Å². The zero-order chi connectivity index (χ0) is 27.2. The third-order valence-corrected chi connectivity index (χ3v) is 7.91. The first kappa shape index (κ1) is 28.8. The van der Waals surface area contributed by atoms with Crippen molar-refractivity contribution in [2.75, 3.05) is 23.7 Å². The second-order valence-electron chi connectivity index (χ2n) is 8.86. The van der Waals surface area contributed by atoms with Crippen LogP contribution in [0.25, 0.3) is 10.8 Å². The van der Waals surface area contributed by atoms with Crippen LogP contribution >= 0.6 is 23.2 Å². The summed E-state index contributed by atoms with van der Waals surface area (Å²) in [5, 5.41) is 5.08. The SMILES string of the molecule is CCCCNC(=O)[C@H](C)N(Cc1ccc(Cl)c(Cl)c1)C(=O)CN(c1cccc2ccccc12)S(C)(=O)=O. The molecule has 3 aromatic carbocycles. The van der Waals surface area contributed by atoms with E-state index in [0.717, 1.165) is 28.8 Å². The Morgan fingerprint density at radius 3 is 2.38 bits per heavy atom. The first-order chi connectivity index (χ1) is 17.5. The number of anilines is 1. The average Bonchev–Trinajstić information content (AvgIpc) is 2.86. The Kier molecular flexibility index (Phi) is 9.81. The predicted octanol–water partition coefficient (Wildman–Crippen LogP) is 5.25. The molecule has 0 bridgehead atoms. The van der Waals surface area contributed by atoms with Crippen molar-refractivity contribution in [3.63, 3.8) is 0 Å². The van der Waals surface area contributed by atoms with Gasteiger partial charge in [0.25, 0.3) is 0 Å². The lowest BCUT2D eigenvalue weighted by Crippen LogP contribution is -2.51. The summed E-state index contributed by atoms with van der Waals surface area (Å²) in [6, 6.07) is 16.8. The third kappa shape index (κ3) is 7.37. The highest BCUT2D eigenvalue weighted by atomic mass is 35.5. The van der Waals surface area contributed by atoms with Gasteiger partial charge in [0.2, 0.25) is 21.8 Å². The van der Waals surface area contributed by atoms with Gasteiger partial charge in [0.15, 0.2) is 0 Å². The van der Waals surface area contributed by atoms with Crippen molar-refractivity contribution in [2.24, 2.45) is 0 Å². The minimum atomic E-state index is -3.84. The molecule has 3 rings (SSSR count). The van der Waals surface area contributed by atoms with E-state index in [4.69, 9.17) is 23.2 Å². The van der Waals surface area contributed by atoms with E-state index in [-0.39, 0.29) is 12.5 Å². The van der Waals surface area contributed by atoms with Crippen LogP contribution in [0.15, 0.2) is 60.7 Å². The number of unbranched alkanes of at least 4 members (excludes halogenated alkanes) is 1. The van der Waals surface area contributed by atoms with E-state index in [1.165, 1.54) is 4.90 Å². The van der Waals surface area contributed by atoms with Crippen LogP contribution in [0.5, 0.6) is 0 Å². The summed E-state index contributed by atoms with van der Waals surface area (Å²) in [6.07, 6.45) is 2.78. The van der Waals surface area contributed by atoms with Crippen molar-refractivity contribution in [3.8, 4) is 0 Å². The summed E-state index contributed by atoms with van der Waals surface area (Å²) in [5.74, 6) is -0.847. The van der Waals surface area contributed by atoms with Crippen molar-refractivity contribution in [2.45, 2.75) is 39.3 Å². The fraction of sp³-hybridized carbons (Fsp3) is 0.333. The maximum absolute atomic E-state index is 13.7. The van der Waals surface area contributed by atoms with Crippen molar-refractivity contribution in [1.82, 2.24) is 10.2 Å². The Balaban J connectivity index is 1.97. The molecule has 198 valence electrons. The molecule has 0 saturated heterocycles. The lowest BCUT2D eigenvalue weighted by atomic mass is 10.1. The van der Waals surface area contributed by atoms with Gasteiger partial charge in [0.1, 0.15) is 12.6 Å². The average molecular weight is 565 g/mol. The highest BCUT2D eigenvalue weighted by molar-refractivity contribution is 7.92. The van der Waals surface area contributed by atoms with E-state index < -0.39 is 28.5 Å². The number of carbonyl (C=O) groups is 2. The number of carbonyl (C=O) groups excluding carboxylic acids is 2. The maximum Gasteiger partial charge on any atom is 0.244 e. The molecule has 0 saturated carbocycles. The number of amides is 2. The Labute approximate surface area is 228 Å². The lowest BCUT2D eigenvalue weighted by Gasteiger charge is -2.32. The van der Waals surface area contributed by atoms with Crippen LogP contribution in [0.4, 0.5) is 5.69 Å². The van der Waals surface area contributed by atoms with Gasteiger partial charge in [-0.25, -0.2) is 8.42 Å². The molecular formula is C27H31Cl2N3O4S. The number of hydrogen-bond donors (Lipinski definition) is 1. The van der Waals surface area contributed by atoms with Gasteiger partial charge in [-0.05, 0) is 42.5 Å². The molecule has 0 aliphatic carbocycles. The standard InChI is InChI=1S/C27H31Cl2N3O4S/c1-4-5-15-30-27(34)19(2)31(17-20-13-14-23(28)24(29)16-20)26(33)18-32(37(3,35)36)25-12-8-10-21-9-6-7-11-22(21)25/h6-14,16,19H,4-5,15,17-18H2,1-3H3,(H,30,34)/t19-/m0/s1. The molecule has 2 amide bonds. The number of nitrogens with one attached hydrogen (secondary N) is 1. The van der Waals surface area contributed by atoms with E-state index in [1.807, 2.05) is 37.3 Å². The number of sulfonamides is 1. The number of nitrogens with zero attached hydrogens (tertiary/aromatic N) is 2. The fourth-order valence-corrected chi connectivity index (χ4v) is 5.16. The van der Waals surface area contributed by atoms with Crippen LogP contribution in [0, 0.1) is 0 Å². The molecule has 37 heavy (non-hydrogen) atoms. The molecule has 7 nitrogen and oxygen atoms in total.